The van der Waals surface area contributed by atoms with E-state index in [1.807, 2.05) is 12.1 Å². The monoisotopic (exact) mass is 493 g/mol. The van der Waals surface area contributed by atoms with Crippen molar-refractivity contribution in [3.8, 4) is 11.1 Å². The van der Waals surface area contributed by atoms with Crippen LogP contribution in [-0.4, -0.2) is 34.0 Å². The summed E-state index contributed by atoms with van der Waals surface area (Å²) in [7, 11) is -4.01. The zero-order valence-corrected chi connectivity index (χ0v) is 21.2. The van der Waals surface area contributed by atoms with Crippen LogP contribution in [0.15, 0.2) is 56.5 Å². The van der Waals surface area contributed by atoms with Crippen molar-refractivity contribution in [2.24, 2.45) is 32.2 Å². The predicted molar refractivity (Wildman–Crippen MR) is 139 cm³/mol. The molecule has 3 N–H and O–H groups in total. The largest absolute Gasteiger partial charge is 0.317 e. The van der Waals surface area contributed by atoms with Crippen molar-refractivity contribution < 1.29 is 8.42 Å². The number of nitrogens with two attached hydrogens (primary N) is 1. The third kappa shape index (κ3) is 5.39. The fraction of sp³-hybridized carbons (Fsp3) is 0.519. The summed E-state index contributed by atoms with van der Waals surface area (Å²) >= 11 is 0. The summed E-state index contributed by atoms with van der Waals surface area (Å²) in [6, 6.07) is 12.5. The first-order chi connectivity index (χ1) is 16.9. The average Bonchev–Trinajstić information content (AvgIpc) is 3.40. The highest BCUT2D eigenvalue weighted by atomic mass is 32.2. The van der Waals surface area contributed by atoms with E-state index in [0.717, 1.165) is 61.4 Å². The molecule has 0 amide bonds. The number of nitrogens with one attached hydrogen (secondary N) is 1. The lowest BCUT2D eigenvalue weighted by molar-refractivity contribution is 0.288. The molecule has 3 aliphatic rings. The van der Waals surface area contributed by atoms with Gasteiger partial charge >= 0.3 is 0 Å². The van der Waals surface area contributed by atoms with E-state index in [1.54, 1.807) is 0 Å². The Balaban J connectivity index is 1.57. The highest BCUT2D eigenvalue weighted by Gasteiger charge is 2.29. The van der Waals surface area contributed by atoms with E-state index in [0.29, 0.717) is 29.7 Å². The third-order valence-electron chi connectivity index (χ3n) is 7.87. The molecule has 2 aromatic carbocycles. The summed E-state index contributed by atoms with van der Waals surface area (Å²) in [6.45, 7) is 4.58. The van der Waals surface area contributed by atoms with Crippen molar-refractivity contribution in [3.63, 3.8) is 0 Å². The van der Waals surface area contributed by atoms with Gasteiger partial charge in [0, 0.05) is 5.56 Å². The van der Waals surface area contributed by atoms with E-state index < -0.39 is 10.0 Å². The van der Waals surface area contributed by atoms with Gasteiger partial charge in [-0.3, -0.25) is 0 Å². The maximum absolute atomic E-state index is 13.0. The lowest BCUT2D eigenvalue weighted by Crippen LogP contribution is -2.26. The van der Waals surface area contributed by atoms with Crippen LogP contribution < -0.4 is 10.5 Å². The number of azo groups is 1. The zero-order chi connectivity index (χ0) is 24.4. The van der Waals surface area contributed by atoms with Gasteiger partial charge in [0.2, 0.25) is 10.0 Å². The molecule has 2 aliphatic heterocycles. The van der Waals surface area contributed by atoms with Crippen molar-refractivity contribution in [2.75, 3.05) is 19.8 Å². The van der Waals surface area contributed by atoms with Gasteiger partial charge in [-0.1, -0.05) is 56.2 Å². The number of hydrogen-bond donors (Lipinski definition) is 2. The molecule has 2 fully saturated rings. The van der Waals surface area contributed by atoms with Crippen LogP contribution in [0.1, 0.15) is 68.1 Å². The first kappa shape index (κ1) is 24.3. The molecule has 0 unspecified atom stereocenters. The standard InChI is InChI=1S/C27H35N5O2S/c1-18-2-4-19(5-3-18)16-23-10-11-24(25(26(23)35(28,33)34)27-30-17-31-32-27)22-8-6-20(7-9-22)21-12-14-29-15-13-21/h6-11,18-19,21,29H,2-5,12-17H2,1H3,(H2,28,33,34). The van der Waals surface area contributed by atoms with E-state index in [2.05, 4.69) is 51.7 Å². The summed E-state index contributed by atoms with van der Waals surface area (Å²) in [6.07, 6.45) is 7.56. The van der Waals surface area contributed by atoms with Gasteiger partial charge in [-0.2, -0.15) is 5.11 Å². The van der Waals surface area contributed by atoms with Crippen molar-refractivity contribution >= 4 is 15.9 Å². The Morgan fingerprint density at radius 3 is 2.31 bits per heavy atom. The van der Waals surface area contributed by atoms with Crippen LogP contribution in [-0.2, 0) is 16.4 Å². The molecule has 2 heterocycles. The smallest absolute Gasteiger partial charge is 0.239 e. The average molecular weight is 494 g/mol. The summed E-state index contributed by atoms with van der Waals surface area (Å²) in [5.74, 6) is 2.11. The lowest BCUT2D eigenvalue weighted by Gasteiger charge is -2.27. The van der Waals surface area contributed by atoms with E-state index in [9.17, 15) is 8.42 Å². The molecule has 7 nitrogen and oxygen atoms in total. The Morgan fingerprint density at radius 2 is 1.69 bits per heavy atom. The molecule has 0 aromatic heterocycles. The molecule has 0 atom stereocenters. The summed E-state index contributed by atoms with van der Waals surface area (Å²) in [5, 5.41) is 17.5. The first-order valence-corrected chi connectivity index (χ1v) is 14.4. The molecule has 35 heavy (non-hydrogen) atoms. The summed E-state index contributed by atoms with van der Waals surface area (Å²) < 4.78 is 26.0. The molecular weight excluding hydrogens is 458 g/mol. The molecular formula is C27H35N5O2S. The molecule has 2 aromatic rings. The molecule has 1 aliphatic carbocycles. The second kappa shape index (κ2) is 10.3. The van der Waals surface area contributed by atoms with Crippen LogP contribution in [0.2, 0.25) is 0 Å². The van der Waals surface area contributed by atoms with Crippen LogP contribution in [0.25, 0.3) is 11.1 Å². The van der Waals surface area contributed by atoms with Crippen LogP contribution in [0, 0.1) is 11.8 Å². The maximum Gasteiger partial charge on any atom is 0.239 e. The Hall–Kier alpha value is -2.42. The minimum atomic E-state index is -4.01. The quantitative estimate of drug-likeness (QED) is 0.590. The van der Waals surface area contributed by atoms with Gasteiger partial charge in [-0.15, -0.1) is 5.11 Å². The van der Waals surface area contributed by atoms with Gasteiger partial charge in [0.15, 0.2) is 12.5 Å². The van der Waals surface area contributed by atoms with E-state index in [4.69, 9.17) is 5.14 Å². The van der Waals surface area contributed by atoms with Crippen molar-refractivity contribution in [2.45, 2.75) is 62.7 Å². The predicted octanol–water partition coefficient (Wildman–Crippen LogP) is 5.01. The van der Waals surface area contributed by atoms with Crippen molar-refractivity contribution in [3.05, 3.63) is 53.1 Å². The van der Waals surface area contributed by atoms with E-state index >= 15 is 0 Å². The topological polar surface area (TPSA) is 109 Å². The number of aliphatic imine (C=N–C) groups is 1. The van der Waals surface area contributed by atoms with Gasteiger partial charge in [0.1, 0.15) is 0 Å². The second-order valence-electron chi connectivity index (χ2n) is 10.4. The molecule has 0 radical (unpaired) electrons. The number of piperidine rings is 1. The SMILES string of the molecule is CC1CCC(Cc2ccc(-c3ccc(C4CCNCC4)cc3)c(C3=NCN=N3)c2S(N)(=O)=O)CC1. The number of hydrogen-bond acceptors (Lipinski definition) is 6. The third-order valence-corrected chi connectivity index (χ3v) is 8.91. The summed E-state index contributed by atoms with van der Waals surface area (Å²) in [4.78, 5) is 4.57. The van der Waals surface area contributed by atoms with E-state index in [-0.39, 0.29) is 11.6 Å². The zero-order valence-electron chi connectivity index (χ0n) is 20.4. The first-order valence-electron chi connectivity index (χ1n) is 12.8. The normalized spacial score (nSPS) is 23.4. The highest BCUT2D eigenvalue weighted by molar-refractivity contribution is 7.89. The fourth-order valence-corrected chi connectivity index (χ4v) is 6.87. The minimum absolute atomic E-state index is 0.163. The summed E-state index contributed by atoms with van der Waals surface area (Å²) in [5.41, 5.74) is 4.30. The lowest BCUT2D eigenvalue weighted by atomic mass is 9.79. The van der Waals surface area contributed by atoms with Gasteiger partial charge in [0.25, 0.3) is 0 Å². The van der Waals surface area contributed by atoms with Crippen LogP contribution in [0.4, 0.5) is 0 Å². The Morgan fingerprint density at radius 1 is 0.971 bits per heavy atom. The molecule has 1 saturated heterocycles. The minimum Gasteiger partial charge on any atom is -0.317 e. The Kier molecular flexibility index (Phi) is 7.14. The number of primary sulfonamides is 1. The number of rotatable bonds is 6. The maximum atomic E-state index is 13.0. The number of benzene rings is 2. The molecule has 1 saturated carbocycles. The van der Waals surface area contributed by atoms with Gasteiger partial charge < -0.3 is 5.32 Å². The van der Waals surface area contributed by atoms with E-state index in [1.165, 1.54) is 18.4 Å². The van der Waals surface area contributed by atoms with Crippen molar-refractivity contribution in [1.82, 2.24) is 5.32 Å². The van der Waals surface area contributed by atoms with Gasteiger partial charge in [0.05, 0.1) is 4.90 Å². The fourth-order valence-electron chi connectivity index (χ4n) is 5.87. The Bertz CT molecular complexity index is 1220. The molecule has 0 bridgehead atoms. The van der Waals surface area contributed by atoms with Crippen LogP contribution in [0.3, 0.4) is 0 Å². The molecule has 5 rings (SSSR count). The second-order valence-corrected chi connectivity index (χ2v) is 11.9. The number of sulfonamides is 1. The van der Waals surface area contributed by atoms with Crippen LogP contribution in [0.5, 0.6) is 0 Å². The number of nitrogens with zero attached hydrogens (tertiary/aromatic N) is 3. The van der Waals surface area contributed by atoms with Crippen molar-refractivity contribution in [1.29, 1.82) is 0 Å². The highest BCUT2D eigenvalue weighted by Crippen LogP contribution is 2.37. The van der Waals surface area contributed by atoms with Crippen LogP contribution >= 0.6 is 0 Å². The molecule has 186 valence electrons. The molecule has 8 heteroatoms. The van der Waals surface area contributed by atoms with Gasteiger partial charge in [-0.25, -0.2) is 18.5 Å². The molecule has 0 spiro atoms. The number of amidine groups is 1. The van der Waals surface area contributed by atoms with Gasteiger partial charge in [-0.05, 0) is 85.2 Å². The Labute approximate surface area is 208 Å².